The number of guanidine groups is 1. The summed E-state index contributed by atoms with van der Waals surface area (Å²) in [7, 11) is 0. The molecule has 1 aromatic heterocycles. The minimum absolute atomic E-state index is 0. The lowest BCUT2D eigenvalue weighted by Crippen LogP contribution is -2.40. The molecule has 0 saturated carbocycles. The van der Waals surface area contributed by atoms with E-state index in [2.05, 4.69) is 14.9 Å². The Kier molecular flexibility index (Phi) is 6.23. The number of aromatic nitrogens is 1. The molecule has 22 heavy (non-hydrogen) atoms. The zero-order chi connectivity index (χ0) is 14.5. The van der Waals surface area contributed by atoms with E-state index >= 15 is 0 Å². The zero-order valence-corrected chi connectivity index (χ0v) is 14.8. The molecule has 0 amide bonds. The molecule has 2 heterocycles. The minimum atomic E-state index is 0. The van der Waals surface area contributed by atoms with Gasteiger partial charge < -0.3 is 15.1 Å². The van der Waals surface area contributed by atoms with Crippen molar-refractivity contribution in [1.82, 2.24) is 9.88 Å². The first kappa shape index (κ1) is 16.8. The van der Waals surface area contributed by atoms with E-state index in [4.69, 9.17) is 10.2 Å². The molecule has 118 valence electrons. The maximum absolute atomic E-state index is 6.03. The van der Waals surface area contributed by atoms with Crippen LogP contribution in [0, 0.1) is 0 Å². The van der Waals surface area contributed by atoms with Gasteiger partial charge in [-0.15, -0.1) is 24.0 Å². The van der Waals surface area contributed by atoms with Gasteiger partial charge in [-0.3, -0.25) is 0 Å². The first-order valence-electron chi connectivity index (χ1n) is 7.37. The second-order valence-electron chi connectivity index (χ2n) is 5.23. The van der Waals surface area contributed by atoms with Crippen LogP contribution >= 0.6 is 24.0 Å². The normalized spacial score (nSPS) is 15.5. The quantitative estimate of drug-likeness (QED) is 0.478. The Hall–Kier alpha value is -1.57. The summed E-state index contributed by atoms with van der Waals surface area (Å²) in [5, 5.41) is 0. The van der Waals surface area contributed by atoms with Crippen molar-refractivity contribution in [2.45, 2.75) is 25.8 Å². The number of aliphatic imine (C=N–C) groups is 1. The van der Waals surface area contributed by atoms with Crippen LogP contribution in [0.3, 0.4) is 0 Å². The molecule has 2 aromatic rings. The summed E-state index contributed by atoms with van der Waals surface area (Å²) >= 11 is 0. The smallest absolute Gasteiger partial charge is 0.226 e. The van der Waals surface area contributed by atoms with E-state index in [-0.39, 0.29) is 24.0 Å². The maximum Gasteiger partial charge on any atom is 0.226 e. The lowest BCUT2D eigenvalue weighted by atomic mass is 10.1. The molecule has 0 atom stereocenters. The van der Waals surface area contributed by atoms with E-state index in [0.29, 0.717) is 18.4 Å². The molecular formula is C16H21IN4O. The summed E-state index contributed by atoms with van der Waals surface area (Å²) in [6.45, 7) is 2.46. The molecule has 0 spiro atoms. The largest absolute Gasteiger partial charge is 0.444 e. The number of likely N-dealkylation sites (tertiary alicyclic amines) is 1. The van der Waals surface area contributed by atoms with Crippen molar-refractivity contribution in [2.24, 2.45) is 10.7 Å². The molecule has 0 aliphatic carbocycles. The summed E-state index contributed by atoms with van der Waals surface area (Å²) in [6.07, 6.45) is 5.32. The Morgan fingerprint density at radius 3 is 2.64 bits per heavy atom. The van der Waals surface area contributed by atoms with Crippen LogP contribution in [0.25, 0.3) is 11.5 Å². The SMILES string of the molecule is I.NC(=NCc1coc(-c2ccccc2)n1)N1CCCCC1. The molecule has 1 saturated heterocycles. The van der Waals surface area contributed by atoms with Crippen molar-refractivity contribution in [2.75, 3.05) is 13.1 Å². The number of rotatable bonds is 3. The highest BCUT2D eigenvalue weighted by molar-refractivity contribution is 14.0. The third-order valence-corrected chi connectivity index (χ3v) is 3.66. The van der Waals surface area contributed by atoms with Crippen LogP contribution in [0.4, 0.5) is 0 Å². The first-order chi connectivity index (χ1) is 10.3. The van der Waals surface area contributed by atoms with E-state index < -0.39 is 0 Å². The standard InChI is InChI=1S/C16H20N4O.HI/c17-16(20-9-5-2-6-10-20)18-11-14-12-21-15(19-14)13-7-3-1-4-8-13;/h1,3-4,7-8,12H,2,5-6,9-11H2,(H2,17,18);1H. The number of nitrogens with two attached hydrogens (primary N) is 1. The van der Waals surface area contributed by atoms with E-state index in [9.17, 15) is 0 Å². The highest BCUT2D eigenvalue weighted by Crippen LogP contribution is 2.18. The van der Waals surface area contributed by atoms with Crippen LogP contribution in [0.15, 0.2) is 46.0 Å². The molecule has 0 radical (unpaired) electrons. The van der Waals surface area contributed by atoms with Gasteiger partial charge in [0, 0.05) is 18.7 Å². The molecule has 0 unspecified atom stereocenters. The number of benzene rings is 1. The topological polar surface area (TPSA) is 67.6 Å². The average Bonchev–Trinajstić information content (AvgIpc) is 3.03. The van der Waals surface area contributed by atoms with Crippen molar-refractivity contribution < 1.29 is 4.42 Å². The minimum Gasteiger partial charge on any atom is -0.444 e. The molecule has 5 nitrogen and oxygen atoms in total. The van der Waals surface area contributed by atoms with Gasteiger partial charge in [-0.2, -0.15) is 0 Å². The Bertz CT molecular complexity index is 606. The lowest BCUT2D eigenvalue weighted by Gasteiger charge is -2.27. The molecule has 2 N–H and O–H groups in total. The summed E-state index contributed by atoms with van der Waals surface area (Å²) in [4.78, 5) is 11.0. The number of nitrogens with zero attached hydrogens (tertiary/aromatic N) is 3. The highest BCUT2D eigenvalue weighted by atomic mass is 127. The second kappa shape index (κ2) is 8.17. The number of hydrogen-bond donors (Lipinski definition) is 1. The van der Waals surface area contributed by atoms with E-state index in [0.717, 1.165) is 24.3 Å². The fraction of sp³-hybridized carbons (Fsp3) is 0.375. The highest BCUT2D eigenvalue weighted by Gasteiger charge is 2.12. The van der Waals surface area contributed by atoms with Crippen molar-refractivity contribution in [3.8, 4) is 11.5 Å². The van der Waals surface area contributed by atoms with Crippen molar-refractivity contribution >= 4 is 29.9 Å². The van der Waals surface area contributed by atoms with Gasteiger partial charge in [-0.1, -0.05) is 18.2 Å². The predicted octanol–water partition coefficient (Wildman–Crippen LogP) is 3.26. The lowest BCUT2D eigenvalue weighted by molar-refractivity contribution is 0.338. The van der Waals surface area contributed by atoms with Crippen LogP contribution in [0.2, 0.25) is 0 Å². The van der Waals surface area contributed by atoms with Gasteiger partial charge in [-0.05, 0) is 31.4 Å². The summed E-state index contributed by atoms with van der Waals surface area (Å²) in [6, 6.07) is 9.84. The monoisotopic (exact) mass is 412 g/mol. The van der Waals surface area contributed by atoms with Crippen LogP contribution in [0.5, 0.6) is 0 Å². The van der Waals surface area contributed by atoms with Crippen LogP contribution in [-0.2, 0) is 6.54 Å². The van der Waals surface area contributed by atoms with Crippen molar-refractivity contribution in [1.29, 1.82) is 0 Å². The first-order valence-corrected chi connectivity index (χ1v) is 7.37. The molecule has 1 aliphatic heterocycles. The van der Waals surface area contributed by atoms with Gasteiger partial charge in [0.1, 0.15) is 12.0 Å². The predicted molar refractivity (Wildman–Crippen MR) is 98.1 cm³/mol. The molecule has 1 fully saturated rings. The van der Waals surface area contributed by atoms with Gasteiger partial charge in [0.15, 0.2) is 5.96 Å². The Balaban J connectivity index is 0.00000176. The van der Waals surface area contributed by atoms with Gasteiger partial charge in [0.2, 0.25) is 5.89 Å². The maximum atomic E-state index is 6.03. The van der Waals surface area contributed by atoms with Crippen LogP contribution in [0.1, 0.15) is 25.0 Å². The van der Waals surface area contributed by atoms with Gasteiger partial charge >= 0.3 is 0 Å². The number of piperidine rings is 1. The summed E-state index contributed by atoms with van der Waals surface area (Å²) in [5.74, 6) is 1.23. The zero-order valence-electron chi connectivity index (χ0n) is 12.4. The number of oxazole rings is 1. The molecule has 6 heteroatoms. The van der Waals surface area contributed by atoms with E-state index in [1.807, 2.05) is 30.3 Å². The van der Waals surface area contributed by atoms with Gasteiger partial charge in [0.25, 0.3) is 0 Å². The third kappa shape index (κ3) is 4.22. The third-order valence-electron chi connectivity index (χ3n) is 3.66. The van der Waals surface area contributed by atoms with E-state index in [1.54, 1.807) is 6.26 Å². The average molecular weight is 412 g/mol. The molecule has 1 aromatic carbocycles. The Labute approximate surface area is 147 Å². The van der Waals surface area contributed by atoms with Crippen LogP contribution in [-0.4, -0.2) is 28.9 Å². The molecule has 0 bridgehead atoms. The number of hydrogen-bond acceptors (Lipinski definition) is 3. The molecule has 1 aliphatic rings. The Morgan fingerprint density at radius 1 is 1.18 bits per heavy atom. The fourth-order valence-electron chi connectivity index (χ4n) is 2.48. The van der Waals surface area contributed by atoms with Crippen LogP contribution < -0.4 is 5.73 Å². The summed E-state index contributed by atoms with van der Waals surface area (Å²) < 4.78 is 5.49. The number of halogens is 1. The summed E-state index contributed by atoms with van der Waals surface area (Å²) in [5.41, 5.74) is 7.80. The van der Waals surface area contributed by atoms with Crippen molar-refractivity contribution in [3.05, 3.63) is 42.3 Å². The van der Waals surface area contributed by atoms with E-state index in [1.165, 1.54) is 19.3 Å². The molecular weight excluding hydrogens is 391 g/mol. The van der Waals surface area contributed by atoms with Gasteiger partial charge in [0.05, 0.1) is 6.54 Å². The second-order valence-corrected chi connectivity index (χ2v) is 5.23. The fourth-order valence-corrected chi connectivity index (χ4v) is 2.48. The van der Waals surface area contributed by atoms with Gasteiger partial charge in [-0.25, -0.2) is 9.98 Å². The molecule has 3 rings (SSSR count). The Morgan fingerprint density at radius 2 is 1.91 bits per heavy atom. The van der Waals surface area contributed by atoms with Crippen molar-refractivity contribution in [3.63, 3.8) is 0 Å².